The third-order valence-corrected chi connectivity index (χ3v) is 5.30. The summed E-state index contributed by atoms with van der Waals surface area (Å²) in [6.07, 6.45) is 9.07. The van der Waals surface area contributed by atoms with Gasteiger partial charge in [0, 0.05) is 26.1 Å². The van der Waals surface area contributed by atoms with E-state index in [9.17, 15) is 0 Å². The van der Waals surface area contributed by atoms with Gasteiger partial charge in [-0.1, -0.05) is 26.2 Å². The van der Waals surface area contributed by atoms with Gasteiger partial charge < -0.3 is 15.2 Å². The molecule has 0 amide bonds. The van der Waals surface area contributed by atoms with Crippen LogP contribution in [-0.2, 0) is 19.5 Å². The van der Waals surface area contributed by atoms with Crippen LogP contribution in [0.25, 0.3) is 0 Å². The Hall–Kier alpha value is -1.59. The summed E-state index contributed by atoms with van der Waals surface area (Å²) >= 11 is 0. The van der Waals surface area contributed by atoms with Gasteiger partial charge >= 0.3 is 0 Å². The van der Waals surface area contributed by atoms with E-state index in [1.165, 1.54) is 38.5 Å². The summed E-state index contributed by atoms with van der Waals surface area (Å²) in [5.41, 5.74) is 0. The van der Waals surface area contributed by atoms with Crippen molar-refractivity contribution in [3.63, 3.8) is 0 Å². The number of hydrogen-bond donors (Lipinski definition) is 2. The van der Waals surface area contributed by atoms with Crippen LogP contribution in [0.3, 0.4) is 0 Å². The third-order valence-electron chi connectivity index (χ3n) is 5.30. The van der Waals surface area contributed by atoms with Gasteiger partial charge in [0.25, 0.3) is 0 Å². The Morgan fingerprint density at radius 2 is 2.17 bits per heavy atom. The van der Waals surface area contributed by atoms with Crippen molar-refractivity contribution >= 4 is 5.96 Å². The number of aliphatic imine (C=N–C) groups is 1. The number of guanidine groups is 1. The fourth-order valence-corrected chi connectivity index (χ4v) is 4.04. The van der Waals surface area contributed by atoms with Crippen molar-refractivity contribution in [2.24, 2.45) is 16.8 Å². The number of aryl methyl sites for hydroxylation is 1. The molecule has 2 aliphatic rings. The lowest BCUT2D eigenvalue weighted by molar-refractivity contribution is 0.270. The average Bonchev–Trinajstić information content (AvgIpc) is 3.16. The van der Waals surface area contributed by atoms with Crippen LogP contribution in [0, 0.1) is 11.8 Å². The quantitative estimate of drug-likeness (QED) is 0.620. The molecule has 2 N–H and O–H groups in total. The maximum Gasteiger partial charge on any atom is 0.191 e. The number of nitrogens with one attached hydrogen (secondary N) is 2. The van der Waals surface area contributed by atoms with Gasteiger partial charge in [-0.05, 0) is 38.0 Å². The molecule has 0 saturated heterocycles. The summed E-state index contributed by atoms with van der Waals surface area (Å²) < 4.78 is 2.22. The molecule has 0 aromatic carbocycles. The Kier molecular flexibility index (Phi) is 6.10. The van der Waals surface area contributed by atoms with Gasteiger partial charge in [0.2, 0.25) is 0 Å². The first kappa shape index (κ1) is 17.2. The van der Waals surface area contributed by atoms with Crippen LogP contribution in [-0.4, -0.2) is 33.8 Å². The number of nitrogens with zero attached hydrogens (tertiary/aromatic N) is 4. The van der Waals surface area contributed by atoms with Crippen molar-refractivity contribution in [2.45, 2.75) is 71.9 Å². The second kappa shape index (κ2) is 8.49. The highest BCUT2D eigenvalue weighted by molar-refractivity contribution is 5.79. The molecule has 0 radical (unpaired) electrons. The molecule has 2 heterocycles. The molecule has 0 bridgehead atoms. The molecule has 1 aromatic rings. The summed E-state index contributed by atoms with van der Waals surface area (Å²) in [5, 5.41) is 15.4. The van der Waals surface area contributed by atoms with Crippen LogP contribution in [0.15, 0.2) is 4.99 Å². The number of fused-ring (bicyclic) bond motifs is 1. The molecule has 1 aromatic heterocycles. The van der Waals surface area contributed by atoms with Gasteiger partial charge in [-0.15, -0.1) is 10.2 Å². The third kappa shape index (κ3) is 4.48. The van der Waals surface area contributed by atoms with Crippen molar-refractivity contribution in [1.82, 2.24) is 25.4 Å². The van der Waals surface area contributed by atoms with Gasteiger partial charge in [-0.25, -0.2) is 4.99 Å². The van der Waals surface area contributed by atoms with E-state index in [0.29, 0.717) is 6.54 Å². The molecule has 134 valence electrons. The molecule has 1 saturated carbocycles. The molecule has 1 fully saturated rings. The maximum atomic E-state index is 4.70. The van der Waals surface area contributed by atoms with Gasteiger partial charge in [0.05, 0.1) is 0 Å². The molecule has 6 heteroatoms. The monoisotopic (exact) mass is 332 g/mol. The zero-order valence-electron chi connectivity index (χ0n) is 15.2. The fourth-order valence-electron chi connectivity index (χ4n) is 4.04. The molecule has 3 rings (SSSR count). The van der Waals surface area contributed by atoms with Gasteiger partial charge in [-0.2, -0.15) is 0 Å². The Morgan fingerprint density at radius 3 is 3.00 bits per heavy atom. The molecule has 2 atom stereocenters. The van der Waals surface area contributed by atoms with Crippen molar-refractivity contribution < 1.29 is 0 Å². The smallest absolute Gasteiger partial charge is 0.191 e. The lowest BCUT2D eigenvalue weighted by Crippen LogP contribution is -2.38. The predicted molar refractivity (Wildman–Crippen MR) is 96.9 cm³/mol. The lowest BCUT2D eigenvalue weighted by atomic mass is 9.81. The summed E-state index contributed by atoms with van der Waals surface area (Å²) in [6.45, 7) is 8.02. The van der Waals surface area contributed by atoms with Crippen molar-refractivity contribution in [3.05, 3.63) is 11.6 Å². The van der Waals surface area contributed by atoms with E-state index in [0.717, 1.165) is 55.5 Å². The molecule has 2 unspecified atom stereocenters. The molecular weight excluding hydrogens is 300 g/mol. The first-order valence-electron chi connectivity index (χ1n) is 9.69. The topological polar surface area (TPSA) is 67.1 Å². The van der Waals surface area contributed by atoms with Gasteiger partial charge in [0.15, 0.2) is 11.8 Å². The molecule has 6 nitrogen and oxygen atoms in total. The van der Waals surface area contributed by atoms with Crippen LogP contribution in [0.2, 0.25) is 0 Å². The number of hydrogen-bond acceptors (Lipinski definition) is 3. The van der Waals surface area contributed by atoms with E-state index < -0.39 is 0 Å². The highest BCUT2D eigenvalue weighted by atomic mass is 15.3. The zero-order chi connectivity index (χ0) is 16.8. The zero-order valence-corrected chi connectivity index (χ0v) is 15.2. The standard InChI is InChI=1S/C18H32N6/c1-3-19-18(20-10-9-15-7-4-6-14(2)12-15)21-13-17-23-22-16-8-5-11-24(16)17/h14-15H,3-13H2,1-2H3,(H2,19,20,21). The van der Waals surface area contributed by atoms with E-state index in [1.807, 2.05) is 0 Å². The van der Waals surface area contributed by atoms with Gasteiger partial charge in [0.1, 0.15) is 12.4 Å². The van der Waals surface area contributed by atoms with E-state index in [1.54, 1.807) is 0 Å². The Balaban J connectivity index is 1.48. The molecule has 1 aliphatic carbocycles. The predicted octanol–water partition coefficient (Wildman–Crippen LogP) is 2.50. The highest BCUT2D eigenvalue weighted by Crippen LogP contribution is 2.30. The first-order chi connectivity index (χ1) is 11.8. The summed E-state index contributed by atoms with van der Waals surface area (Å²) in [6, 6.07) is 0. The second-order valence-corrected chi connectivity index (χ2v) is 7.34. The van der Waals surface area contributed by atoms with E-state index in [-0.39, 0.29) is 0 Å². The minimum atomic E-state index is 0.600. The largest absolute Gasteiger partial charge is 0.357 e. The molecule has 0 spiro atoms. The SMILES string of the molecule is CCNC(=NCc1nnc2n1CCC2)NCCC1CCCC(C)C1. The van der Waals surface area contributed by atoms with Crippen LogP contribution in [0.1, 0.15) is 64.0 Å². The second-order valence-electron chi connectivity index (χ2n) is 7.34. The minimum absolute atomic E-state index is 0.600. The van der Waals surface area contributed by atoms with Crippen LogP contribution in [0.4, 0.5) is 0 Å². The lowest BCUT2D eigenvalue weighted by Gasteiger charge is -2.26. The first-order valence-corrected chi connectivity index (χ1v) is 9.69. The van der Waals surface area contributed by atoms with E-state index >= 15 is 0 Å². The summed E-state index contributed by atoms with van der Waals surface area (Å²) in [4.78, 5) is 4.70. The van der Waals surface area contributed by atoms with Crippen molar-refractivity contribution in [2.75, 3.05) is 13.1 Å². The Bertz CT molecular complexity index is 550. The molecule has 1 aliphatic heterocycles. The summed E-state index contributed by atoms with van der Waals surface area (Å²) in [5.74, 6) is 4.78. The van der Waals surface area contributed by atoms with Gasteiger partial charge in [-0.3, -0.25) is 0 Å². The number of rotatable bonds is 6. The van der Waals surface area contributed by atoms with Crippen molar-refractivity contribution in [3.8, 4) is 0 Å². The van der Waals surface area contributed by atoms with E-state index in [2.05, 4.69) is 39.2 Å². The average molecular weight is 332 g/mol. The normalized spacial score (nSPS) is 24.0. The van der Waals surface area contributed by atoms with Crippen LogP contribution in [0.5, 0.6) is 0 Å². The maximum absolute atomic E-state index is 4.70. The highest BCUT2D eigenvalue weighted by Gasteiger charge is 2.19. The van der Waals surface area contributed by atoms with Crippen LogP contribution < -0.4 is 10.6 Å². The van der Waals surface area contributed by atoms with Crippen molar-refractivity contribution in [1.29, 1.82) is 0 Å². The number of aromatic nitrogens is 3. The molecular formula is C18H32N6. The van der Waals surface area contributed by atoms with Crippen LogP contribution >= 0.6 is 0 Å². The Labute approximate surface area is 145 Å². The summed E-state index contributed by atoms with van der Waals surface area (Å²) in [7, 11) is 0. The fraction of sp³-hybridized carbons (Fsp3) is 0.833. The Morgan fingerprint density at radius 1 is 1.25 bits per heavy atom. The minimum Gasteiger partial charge on any atom is -0.357 e. The van der Waals surface area contributed by atoms with E-state index in [4.69, 9.17) is 4.99 Å². The molecule has 24 heavy (non-hydrogen) atoms.